The fourth-order valence-corrected chi connectivity index (χ4v) is 4.90. The van der Waals surface area contributed by atoms with Crippen molar-refractivity contribution in [1.82, 2.24) is 9.62 Å². The number of ether oxygens (including phenoxy) is 1. The molecule has 1 aromatic rings. The largest absolute Gasteiger partial charge is 0.381 e. The normalized spacial score (nSPS) is 21.5. The molecule has 2 aliphatic rings. The van der Waals surface area contributed by atoms with Crippen molar-refractivity contribution in [3.63, 3.8) is 0 Å². The first-order chi connectivity index (χ1) is 12.1. The van der Waals surface area contributed by atoms with Crippen molar-refractivity contribution < 1.29 is 13.2 Å². The predicted octanol–water partition coefficient (Wildman–Crippen LogP) is 2.42. The van der Waals surface area contributed by atoms with Gasteiger partial charge in [0.2, 0.25) is 10.0 Å². The van der Waals surface area contributed by atoms with Gasteiger partial charge in [0, 0.05) is 25.8 Å². The number of sulfonamides is 1. The summed E-state index contributed by atoms with van der Waals surface area (Å²) in [5, 5.41) is 0. The molecule has 1 aromatic carbocycles. The Hall–Kier alpha value is -0.950. The van der Waals surface area contributed by atoms with E-state index in [0.29, 0.717) is 23.4 Å². The molecular weight excluding hydrogens is 336 g/mol. The Kier molecular flexibility index (Phi) is 6.49. The van der Waals surface area contributed by atoms with Gasteiger partial charge in [-0.3, -0.25) is 0 Å². The van der Waals surface area contributed by atoms with Crippen LogP contribution in [0.2, 0.25) is 0 Å². The molecule has 1 N–H and O–H groups in total. The molecular formula is C19H30N2O3S. The van der Waals surface area contributed by atoms with Crippen LogP contribution >= 0.6 is 0 Å². The summed E-state index contributed by atoms with van der Waals surface area (Å²) >= 11 is 0. The number of nitrogens with one attached hydrogen (secondary N) is 1. The van der Waals surface area contributed by atoms with Crippen LogP contribution in [-0.2, 0) is 21.2 Å². The van der Waals surface area contributed by atoms with Gasteiger partial charge >= 0.3 is 0 Å². The van der Waals surface area contributed by atoms with E-state index in [1.807, 2.05) is 12.1 Å². The molecule has 0 amide bonds. The van der Waals surface area contributed by atoms with Crippen LogP contribution in [0, 0.1) is 5.92 Å². The van der Waals surface area contributed by atoms with Crippen molar-refractivity contribution in [2.24, 2.45) is 5.92 Å². The maximum Gasteiger partial charge on any atom is 0.240 e. The van der Waals surface area contributed by atoms with Gasteiger partial charge in [-0.25, -0.2) is 13.1 Å². The average Bonchev–Trinajstić information content (AvgIpc) is 2.67. The van der Waals surface area contributed by atoms with Crippen molar-refractivity contribution in [2.45, 2.75) is 50.0 Å². The minimum atomic E-state index is -3.40. The number of benzene rings is 1. The van der Waals surface area contributed by atoms with Gasteiger partial charge in [-0.05, 0) is 68.8 Å². The molecule has 3 rings (SSSR count). The van der Waals surface area contributed by atoms with Gasteiger partial charge in [0.05, 0.1) is 4.90 Å². The lowest BCUT2D eigenvalue weighted by molar-refractivity contribution is 0.0214. The molecule has 0 spiro atoms. The third-order valence-electron chi connectivity index (χ3n) is 5.56. The van der Waals surface area contributed by atoms with Gasteiger partial charge in [0.15, 0.2) is 0 Å². The Morgan fingerprint density at radius 1 is 1.08 bits per heavy atom. The minimum absolute atomic E-state index is 0.365. The summed E-state index contributed by atoms with van der Waals surface area (Å²) in [6.45, 7) is 6.50. The van der Waals surface area contributed by atoms with E-state index in [1.54, 1.807) is 12.1 Å². The molecule has 2 aliphatic heterocycles. The lowest BCUT2D eigenvalue weighted by atomic mass is 9.94. The Labute approximate surface area is 151 Å². The lowest BCUT2D eigenvalue weighted by Crippen LogP contribution is -2.45. The molecule has 0 aliphatic carbocycles. The van der Waals surface area contributed by atoms with Gasteiger partial charge < -0.3 is 9.64 Å². The van der Waals surface area contributed by atoms with E-state index in [0.717, 1.165) is 64.0 Å². The van der Waals surface area contributed by atoms with Crippen molar-refractivity contribution in [2.75, 3.05) is 32.8 Å². The molecule has 0 aromatic heterocycles. The fourth-order valence-electron chi connectivity index (χ4n) is 3.79. The predicted molar refractivity (Wildman–Crippen MR) is 99.1 cm³/mol. The van der Waals surface area contributed by atoms with Gasteiger partial charge in [-0.15, -0.1) is 0 Å². The molecule has 0 unspecified atom stereocenters. The summed E-state index contributed by atoms with van der Waals surface area (Å²) in [4.78, 5) is 2.93. The first-order valence-corrected chi connectivity index (χ1v) is 11.0. The van der Waals surface area contributed by atoms with Crippen LogP contribution in [0.5, 0.6) is 0 Å². The lowest BCUT2D eigenvalue weighted by Gasteiger charge is -2.39. The molecule has 2 saturated heterocycles. The van der Waals surface area contributed by atoms with Crippen LogP contribution in [0.4, 0.5) is 0 Å². The Bertz CT molecular complexity index is 631. The second kappa shape index (κ2) is 8.62. The maximum atomic E-state index is 12.5. The Morgan fingerprint density at radius 2 is 1.72 bits per heavy atom. The highest BCUT2D eigenvalue weighted by molar-refractivity contribution is 7.89. The highest BCUT2D eigenvalue weighted by Gasteiger charge is 2.27. The quantitative estimate of drug-likeness (QED) is 0.840. The van der Waals surface area contributed by atoms with Crippen molar-refractivity contribution in [3.05, 3.63) is 29.8 Å². The van der Waals surface area contributed by atoms with Crippen LogP contribution in [-0.4, -0.2) is 52.2 Å². The van der Waals surface area contributed by atoms with Crippen LogP contribution < -0.4 is 4.72 Å². The zero-order valence-electron chi connectivity index (χ0n) is 15.1. The second-order valence-electron chi connectivity index (χ2n) is 7.17. The molecule has 0 radical (unpaired) electrons. The van der Waals surface area contributed by atoms with Crippen molar-refractivity contribution >= 4 is 10.0 Å². The molecule has 0 saturated carbocycles. The number of nitrogens with zero attached hydrogens (tertiary/aromatic N) is 1. The number of rotatable bonds is 6. The van der Waals surface area contributed by atoms with E-state index in [9.17, 15) is 8.42 Å². The molecule has 140 valence electrons. The van der Waals surface area contributed by atoms with Crippen molar-refractivity contribution in [1.29, 1.82) is 0 Å². The standard InChI is InChI=1S/C19H30N2O3S/c1-2-16-3-5-19(6-4-16)25(22,23)20-15-17-7-11-21(12-8-17)18-9-13-24-14-10-18/h3-6,17-18,20H,2,7-15H2,1H3. The third kappa shape index (κ3) is 5.03. The SMILES string of the molecule is CCc1ccc(S(=O)(=O)NCC2CCN(C3CCOCC3)CC2)cc1. The number of hydrogen-bond donors (Lipinski definition) is 1. The molecule has 5 nitrogen and oxygen atoms in total. The first-order valence-electron chi connectivity index (χ1n) is 9.49. The number of hydrogen-bond acceptors (Lipinski definition) is 4. The van der Waals surface area contributed by atoms with E-state index in [2.05, 4.69) is 16.5 Å². The number of piperidine rings is 1. The van der Waals surface area contributed by atoms with Crippen LogP contribution in [0.1, 0.15) is 38.2 Å². The van der Waals surface area contributed by atoms with E-state index in [-0.39, 0.29) is 0 Å². The maximum absolute atomic E-state index is 12.5. The van der Waals surface area contributed by atoms with Crippen molar-refractivity contribution in [3.8, 4) is 0 Å². The highest BCUT2D eigenvalue weighted by Crippen LogP contribution is 2.23. The topological polar surface area (TPSA) is 58.6 Å². The number of likely N-dealkylation sites (tertiary alicyclic amines) is 1. The fraction of sp³-hybridized carbons (Fsp3) is 0.684. The van der Waals surface area contributed by atoms with Gasteiger partial charge in [0.25, 0.3) is 0 Å². The van der Waals surface area contributed by atoms with E-state index >= 15 is 0 Å². The third-order valence-corrected chi connectivity index (χ3v) is 7.00. The van der Waals surface area contributed by atoms with Gasteiger partial charge in [-0.2, -0.15) is 0 Å². The van der Waals surface area contributed by atoms with Crippen LogP contribution in [0.25, 0.3) is 0 Å². The smallest absolute Gasteiger partial charge is 0.240 e. The molecule has 6 heteroatoms. The molecule has 2 heterocycles. The van der Waals surface area contributed by atoms with E-state index in [1.165, 1.54) is 0 Å². The Morgan fingerprint density at radius 3 is 2.32 bits per heavy atom. The van der Waals surface area contributed by atoms with Gasteiger partial charge in [-0.1, -0.05) is 19.1 Å². The van der Waals surface area contributed by atoms with Crippen LogP contribution in [0.3, 0.4) is 0 Å². The average molecular weight is 367 g/mol. The number of aryl methyl sites for hydroxylation is 1. The second-order valence-corrected chi connectivity index (χ2v) is 8.94. The Balaban J connectivity index is 1.47. The van der Waals surface area contributed by atoms with E-state index < -0.39 is 10.0 Å². The zero-order chi connectivity index (χ0) is 17.7. The molecule has 2 fully saturated rings. The molecule has 25 heavy (non-hydrogen) atoms. The summed E-state index contributed by atoms with van der Waals surface area (Å²) in [6.07, 6.45) is 5.30. The minimum Gasteiger partial charge on any atom is -0.381 e. The molecule has 0 atom stereocenters. The zero-order valence-corrected chi connectivity index (χ0v) is 15.9. The molecule has 0 bridgehead atoms. The summed E-state index contributed by atoms with van der Waals surface area (Å²) in [6, 6.07) is 7.84. The van der Waals surface area contributed by atoms with E-state index in [4.69, 9.17) is 4.74 Å². The summed E-state index contributed by atoms with van der Waals surface area (Å²) < 4.78 is 33.2. The highest BCUT2D eigenvalue weighted by atomic mass is 32.2. The van der Waals surface area contributed by atoms with Gasteiger partial charge in [0.1, 0.15) is 0 Å². The monoisotopic (exact) mass is 366 g/mol. The first kappa shape index (κ1) is 18.8. The summed E-state index contributed by atoms with van der Waals surface area (Å²) in [5.41, 5.74) is 1.15. The summed E-state index contributed by atoms with van der Waals surface area (Å²) in [7, 11) is -3.40. The van der Waals surface area contributed by atoms with Crippen LogP contribution in [0.15, 0.2) is 29.2 Å². The summed E-state index contributed by atoms with van der Waals surface area (Å²) in [5.74, 6) is 0.431.